The van der Waals surface area contributed by atoms with Crippen molar-refractivity contribution in [2.75, 3.05) is 5.32 Å². The zero-order chi connectivity index (χ0) is 12.1. The Kier molecular flexibility index (Phi) is 3.77. The molecular formula is C13H10BrNO2. The molecule has 3 nitrogen and oxygen atoms in total. The van der Waals surface area contributed by atoms with E-state index in [4.69, 9.17) is 4.42 Å². The van der Waals surface area contributed by atoms with Gasteiger partial charge in [-0.1, -0.05) is 22.0 Å². The second kappa shape index (κ2) is 5.50. The quantitative estimate of drug-likeness (QED) is 0.877. The highest BCUT2D eigenvalue weighted by molar-refractivity contribution is 9.10. The van der Waals surface area contributed by atoms with E-state index in [-0.39, 0.29) is 5.91 Å². The van der Waals surface area contributed by atoms with Gasteiger partial charge in [0.1, 0.15) is 5.76 Å². The summed E-state index contributed by atoms with van der Waals surface area (Å²) in [6.07, 6.45) is 4.61. The van der Waals surface area contributed by atoms with E-state index < -0.39 is 0 Å². The van der Waals surface area contributed by atoms with E-state index in [1.165, 1.54) is 6.08 Å². The number of carbonyl (C=O) groups excluding carboxylic acids is 1. The van der Waals surface area contributed by atoms with Crippen molar-refractivity contribution in [1.82, 2.24) is 0 Å². The summed E-state index contributed by atoms with van der Waals surface area (Å²) >= 11 is 3.34. The largest absolute Gasteiger partial charge is 0.465 e. The fraction of sp³-hybridized carbons (Fsp3) is 0. The van der Waals surface area contributed by atoms with Crippen molar-refractivity contribution in [3.8, 4) is 0 Å². The number of nitrogens with one attached hydrogen (secondary N) is 1. The number of halogens is 1. The predicted molar refractivity (Wildman–Crippen MR) is 70.5 cm³/mol. The molecule has 1 aromatic carbocycles. The van der Waals surface area contributed by atoms with E-state index in [9.17, 15) is 4.79 Å². The van der Waals surface area contributed by atoms with Gasteiger partial charge in [-0.15, -0.1) is 0 Å². The second-order valence-corrected chi connectivity index (χ2v) is 4.26. The molecule has 0 aliphatic heterocycles. The molecule has 0 bridgehead atoms. The summed E-state index contributed by atoms with van der Waals surface area (Å²) < 4.78 is 6.00. The van der Waals surface area contributed by atoms with Gasteiger partial charge in [0.15, 0.2) is 0 Å². The average Bonchev–Trinajstić information content (AvgIpc) is 2.79. The Morgan fingerprint density at radius 3 is 2.88 bits per heavy atom. The average molecular weight is 292 g/mol. The summed E-state index contributed by atoms with van der Waals surface area (Å²) in [5.74, 6) is 0.453. The lowest BCUT2D eigenvalue weighted by Crippen LogP contribution is -2.07. The molecule has 0 aliphatic carbocycles. The Morgan fingerprint density at radius 2 is 2.18 bits per heavy atom. The summed E-state index contributed by atoms with van der Waals surface area (Å²) in [6.45, 7) is 0. The number of carbonyl (C=O) groups is 1. The molecular weight excluding hydrogens is 282 g/mol. The Hall–Kier alpha value is -1.81. The van der Waals surface area contributed by atoms with Gasteiger partial charge >= 0.3 is 0 Å². The van der Waals surface area contributed by atoms with Crippen LogP contribution in [0.5, 0.6) is 0 Å². The summed E-state index contributed by atoms with van der Waals surface area (Å²) in [4.78, 5) is 11.6. The highest BCUT2D eigenvalue weighted by Crippen LogP contribution is 2.15. The lowest BCUT2D eigenvalue weighted by molar-refractivity contribution is -0.111. The van der Waals surface area contributed by atoms with E-state index in [0.29, 0.717) is 5.76 Å². The summed E-state index contributed by atoms with van der Waals surface area (Å²) in [6, 6.07) is 11.0. The number of hydrogen-bond donors (Lipinski definition) is 1. The van der Waals surface area contributed by atoms with Crippen LogP contribution in [0, 0.1) is 0 Å². The molecule has 0 saturated carbocycles. The molecule has 0 aliphatic rings. The number of benzene rings is 1. The van der Waals surface area contributed by atoms with Crippen LogP contribution < -0.4 is 5.32 Å². The zero-order valence-electron chi connectivity index (χ0n) is 8.89. The normalized spacial score (nSPS) is 10.6. The van der Waals surface area contributed by atoms with Gasteiger partial charge in [0, 0.05) is 16.2 Å². The third-order valence-corrected chi connectivity index (χ3v) is 2.53. The molecule has 0 fully saturated rings. The maximum Gasteiger partial charge on any atom is 0.248 e. The number of amides is 1. The third kappa shape index (κ3) is 3.60. The number of anilines is 1. The van der Waals surface area contributed by atoms with Gasteiger partial charge in [0.05, 0.1) is 6.26 Å². The molecule has 0 spiro atoms. The smallest absolute Gasteiger partial charge is 0.248 e. The highest BCUT2D eigenvalue weighted by atomic mass is 79.9. The van der Waals surface area contributed by atoms with Crippen molar-refractivity contribution < 1.29 is 9.21 Å². The first-order chi connectivity index (χ1) is 8.24. The van der Waals surface area contributed by atoms with Crippen LogP contribution in [-0.4, -0.2) is 5.91 Å². The molecule has 1 amide bonds. The first kappa shape index (κ1) is 11.7. The van der Waals surface area contributed by atoms with Crippen molar-refractivity contribution in [3.05, 3.63) is 59.0 Å². The van der Waals surface area contributed by atoms with E-state index in [1.54, 1.807) is 24.5 Å². The van der Waals surface area contributed by atoms with E-state index in [1.807, 2.05) is 24.3 Å². The van der Waals surface area contributed by atoms with Gasteiger partial charge in [-0.05, 0) is 36.4 Å². The molecule has 1 N–H and O–H groups in total. The minimum atomic E-state index is -0.195. The first-order valence-corrected chi connectivity index (χ1v) is 5.81. The molecule has 2 rings (SSSR count). The first-order valence-electron chi connectivity index (χ1n) is 5.02. The molecule has 0 radical (unpaired) electrons. The van der Waals surface area contributed by atoms with Crippen LogP contribution in [0.15, 0.2) is 57.6 Å². The molecule has 4 heteroatoms. The fourth-order valence-corrected chi connectivity index (χ4v) is 1.69. The van der Waals surface area contributed by atoms with Gasteiger partial charge in [-0.25, -0.2) is 0 Å². The molecule has 0 saturated heterocycles. The van der Waals surface area contributed by atoms with Crippen molar-refractivity contribution >= 4 is 33.6 Å². The molecule has 1 heterocycles. The van der Waals surface area contributed by atoms with Gasteiger partial charge in [-0.2, -0.15) is 0 Å². The van der Waals surface area contributed by atoms with Crippen LogP contribution >= 0.6 is 15.9 Å². The van der Waals surface area contributed by atoms with E-state index in [2.05, 4.69) is 21.2 Å². The van der Waals surface area contributed by atoms with Crippen LogP contribution in [0.2, 0.25) is 0 Å². The van der Waals surface area contributed by atoms with Crippen LogP contribution in [0.1, 0.15) is 5.76 Å². The topological polar surface area (TPSA) is 42.2 Å². The van der Waals surface area contributed by atoms with Crippen molar-refractivity contribution in [3.63, 3.8) is 0 Å². The lowest BCUT2D eigenvalue weighted by Gasteiger charge is -2.01. The Labute approximate surface area is 107 Å². The van der Waals surface area contributed by atoms with Gasteiger partial charge < -0.3 is 9.73 Å². The zero-order valence-corrected chi connectivity index (χ0v) is 10.5. The summed E-state index contributed by atoms with van der Waals surface area (Å²) in [5, 5.41) is 2.75. The predicted octanol–water partition coefficient (Wildman–Crippen LogP) is 3.69. The van der Waals surface area contributed by atoms with E-state index in [0.717, 1.165) is 10.2 Å². The third-order valence-electron chi connectivity index (χ3n) is 2.03. The minimum Gasteiger partial charge on any atom is -0.465 e. The van der Waals surface area contributed by atoms with Crippen LogP contribution in [0.25, 0.3) is 6.08 Å². The second-order valence-electron chi connectivity index (χ2n) is 3.35. The number of hydrogen-bond acceptors (Lipinski definition) is 2. The fourth-order valence-electron chi connectivity index (χ4n) is 1.29. The van der Waals surface area contributed by atoms with Gasteiger partial charge in [0.25, 0.3) is 0 Å². The Balaban J connectivity index is 1.98. The van der Waals surface area contributed by atoms with Crippen molar-refractivity contribution in [2.24, 2.45) is 0 Å². The summed E-state index contributed by atoms with van der Waals surface area (Å²) in [7, 11) is 0. The van der Waals surface area contributed by atoms with Gasteiger partial charge in [-0.3, -0.25) is 4.79 Å². The lowest BCUT2D eigenvalue weighted by atomic mass is 10.3. The molecule has 0 atom stereocenters. The van der Waals surface area contributed by atoms with Crippen LogP contribution in [0.3, 0.4) is 0 Å². The van der Waals surface area contributed by atoms with Gasteiger partial charge in [0.2, 0.25) is 5.91 Å². The van der Waals surface area contributed by atoms with Crippen molar-refractivity contribution in [2.45, 2.75) is 0 Å². The van der Waals surface area contributed by atoms with Crippen molar-refractivity contribution in [1.29, 1.82) is 0 Å². The highest BCUT2D eigenvalue weighted by Gasteiger charge is 1.98. The van der Waals surface area contributed by atoms with Crippen LogP contribution in [-0.2, 0) is 4.79 Å². The van der Waals surface area contributed by atoms with Crippen LogP contribution in [0.4, 0.5) is 5.69 Å². The maximum atomic E-state index is 11.6. The molecule has 2 aromatic rings. The molecule has 0 unspecified atom stereocenters. The molecule has 86 valence electrons. The molecule has 1 aromatic heterocycles. The SMILES string of the molecule is O=C(C=Cc1ccco1)Nc1cccc(Br)c1. The monoisotopic (exact) mass is 291 g/mol. The van der Waals surface area contributed by atoms with E-state index >= 15 is 0 Å². The summed E-state index contributed by atoms with van der Waals surface area (Å²) in [5.41, 5.74) is 0.744. The number of rotatable bonds is 3. The minimum absolute atomic E-state index is 0.195. The Morgan fingerprint density at radius 1 is 1.29 bits per heavy atom. The Bertz CT molecular complexity index is 532. The molecule has 17 heavy (non-hydrogen) atoms. The number of furan rings is 1. The maximum absolute atomic E-state index is 11.6. The standard InChI is InChI=1S/C13H10BrNO2/c14-10-3-1-4-11(9-10)15-13(16)7-6-12-5-2-8-17-12/h1-9H,(H,15,16).